The smallest absolute Gasteiger partial charge is 0.234 e. The quantitative estimate of drug-likeness (QED) is 0.419. The van der Waals surface area contributed by atoms with Gasteiger partial charge in [-0.05, 0) is 39.5 Å². The van der Waals surface area contributed by atoms with Crippen LogP contribution in [0.25, 0.3) is 0 Å². The fourth-order valence-corrected chi connectivity index (χ4v) is 1.65. The fourth-order valence-electron chi connectivity index (χ4n) is 1.65. The van der Waals surface area contributed by atoms with Gasteiger partial charge in [-0.25, -0.2) is 5.43 Å². The van der Waals surface area contributed by atoms with Gasteiger partial charge in [0.15, 0.2) is 0 Å². The standard InChI is InChI=1S/C14H26N2O3/c1-12(17)8-4-3-7-11-15-16-14(19)10-6-5-9-13(2)18/h15H,3-11H2,1-2H3,(H,16,19). The van der Waals surface area contributed by atoms with Crippen molar-refractivity contribution in [2.45, 2.75) is 65.2 Å². The van der Waals surface area contributed by atoms with Crippen LogP contribution in [0.1, 0.15) is 65.2 Å². The second kappa shape index (κ2) is 11.8. The van der Waals surface area contributed by atoms with Crippen LogP contribution in [0.4, 0.5) is 0 Å². The van der Waals surface area contributed by atoms with E-state index in [4.69, 9.17) is 0 Å². The van der Waals surface area contributed by atoms with Gasteiger partial charge in [0, 0.05) is 25.8 Å². The first-order chi connectivity index (χ1) is 9.02. The average Bonchev–Trinajstić information content (AvgIpc) is 2.33. The number of nitrogens with one attached hydrogen (secondary N) is 2. The number of hydrogen-bond acceptors (Lipinski definition) is 4. The Kier molecular flexibility index (Phi) is 11.1. The highest BCUT2D eigenvalue weighted by atomic mass is 16.2. The fraction of sp³-hybridized carbons (Fsp3) is 0.786. The van der Waals surface area contributed by atoms with Gasteiger partial charge in [0.25, 0.3) is 0 Å². The van der Waals surface area contributed by atoms with Crippen LogP contribution in [-0.4, -0.2) is 24.0 Å². The largest absolute Gasteiger partial charge is 0.300 e. The van der Waals surface area contributed by atoms with E-state index in [0.717, 1.165) is 38.6 Å². The summed E-state index contributed by atoms with van der Waals surface area (Å²) in [4.78, 5) is 32.8. The Hall–Kier alpha value is -1.23. The molecule has 0 unspecified atom stereocenters. The number of hydrogen-bond donors (Lipinski definition) is 2. The molecule has 0 aliphatic carbocycles. The van der Waals surface area contributed by atoms with Crippen LogP contribution in [-0.2, 0) is 14.4 Å². The van der Waals surface area contributed by atoms with Crippen LogP contribution in [0, 0.1) is 0 Å². The maximum absolute atomic E-state index is 11.4. The molecule has 0 heterocycles. The van der Waals surface area contributed by atoms with Gasteiger partial charge in [-0.3, -0.25) is 10.2 Å². The van der Waals surface area contributed by atoms with Crippen molar-refractivity contribution < 1.29 is 14.4 Å². The van der Waals surface area contributed by atoms with Gasteiger partial charge in [0.05, 0.1) is 0 Å². The lowest BCUT2D eigenvalue weighted by Gasteiger charge is -2.06. The van der Waals surface area contributed by atoms with Crippen LogP contribution in [0.15, 0.2) is 0 Å². The van der Waals surface area contributed by atoms with Crippen molar-refractivity contribution in [1.29, 1.82) is 0 Å². The molecule has 0 saturated carbocycles. The van der Waals surface area contributed by atoms with Crippen molar-refractivity contribution in [3.05, 3.63) is 0 Å². The van der Waals surface area contributed by atoms with E-state index in [-0.39, 0.29) is 17.5 Å². The van der Waals surface area contributed by atoms with Gasteiger partial charge in [-0.2, -0.15) is 0 Å². The molecule has 5 nitrogen and oxygen atoms in total. The molecule has 2 N–H and O–H groups in total. The van der Waals surface area contributed by atoms with Crippen LogP contribution in [0.5, 0.6) is 0 Å². The highest BCUT2D eigenvalue weighted by Crippen LogP contribution is 2.00. The maximum atomic E-state index is 11.4. The normalized spacial score (nSPS) is 10.2. The second-order valence-electron chi connectivity index (χ2n) is 4.90. The zero-order valence-corrected chi connectivity index (χ0v) is 12.1. The number of ketones is 2. The monoisotopic (exact) mass is 270 g/mol. The summed E-state index contributed by atoms with van der Waals surface area (Å²) in [5.41, 5.74) is 5.50. The summed E-state index contributed by atoms with van der Waals surface area (Å²) in [7, 11) is 0. The number of hydrazine groups is 1. The van der Waals surface area contributed by atoms with Gasteiger partial charge in [0.2, 0.25) is 5.91 Å². The van der Waals surface area contributed by atoms with Gasteiger partial charge >= 0.3 is 0 Å². The first kappa shape index (κ1) is 17.8. The third-order valence-corrected chi connectivity index (χ3v) is 2.74. The molecule has 0 aliphatic heterocycles. The van der Waals surface area contributed by atoms with Crippen molar-refractivity contribution in [2.24, 2.45) is 0 Å². The van der Waals surface area contributed by atoms with Gasteiger partial charge in [-0.15, -0.1) is 0 Å². The zero-order chi connectivity index (χ0) is 14.5. The molecule has 0 saturated heterocycles. The molecule has 0 spiro atoms. The van der Waals surface area contributed by atoms with E-state index in [0.29, 0.717) is 19.3 Å². The van der Waals surface area contributed by atoms with Crippen molar-refractivity contribution in [3.63, 3.8) is 0 Å². The summed E-state index contributed by atoms with van der Waals surface area (Å²) in [6, 6.07) is 0. The van der Waals surface area contributed by atoms with E-state index in [9.17, 15) is 14.4 Å². The maximum Gasteiger partial charge on any atom is 0.234 e. The lowest BCUT2D eigenvalue weighted by Crippen LogP contribution is -2.37. The first-order valence-corrected chi connectivity index (χ1v) is 7.03. The minimum absolute atomic E-state index is 0.0349. The van der Waals surface area contributed by atoms with E-state index < -0.39 is 0 Å². The molecule has 0 atom stereocenters. The number of carbonyl (C=O) groups excluding carboxylic acids is 3. The molecule has 1 amide bonds. The summed E-state index contributed by atoms with van der Waals surface area (Å²) in [6.07, 6.45) is 6.00. The zero-order valence-electron chi connectivity index (χ0n) is 12.1. The third kappa shape index (κ3) is 14.7. The Balaban J connectivity index is 3.24. The highest BCUT2D eigenvalue weighted by molar-refractivity contribution is 5.76. The SMILES string of the molecule is CC(=O)CCCCCNNC(=O)CCCCC(C)=O. The Bertz CT molecular complexity index is 290. The summed E-state index contributed by atoms with van der Waals surface area (Å²) < 4.78 is 0. The van der Waals surface area contributed by atoms with Crippen LogP contribution >= 0.6 is 0 Å². The van der Waals surface area contributed by atoms with E-state index >= 15 is 0 Å². The predicted octanol–water partition coefficient (Wildman–Crippen LogP) is 1.91. The topological polar surface area (TPSA) is 75.3 Å². The highest BCUT2D eigenvalue weighted by Gasteiger charge is 2.01. The number of Topliss-reactive ketones (excluding diaryl/α,β-unsaturated/α-hetero) is 2. The lowest BCUT2D eigenvalue weighted by atomic mass is 10.1. The predicted molar refractivity (Wildman–Crippen MR) is 74.4 cm³/mol. The first-order valence-electron chi connectivity index (χ1n) is 7.03. The number of carbonyl (C=O) groups is 3. The Labute approximate surface area is 115 Å². The Morgan fingerprint density at radius 2 is 1.26 bits per heavy atom. The Morgan fingerprint density at radius 1 is 0.737 bits per heavy atom. The molecule has 0 bridgehead atoms. The minimum atomic E-state index is -0.0349. The Morgan fingerprint density at radius 3 is 1.84 bits per heavy atom. The molecule has 110 valence electrons. The van der Waals surface area contributed by atoms with E-state index in [1.807, 2.05) is 0 Å². The van der Waals surface area contributed by atoms with Crippen LogP contribution in [0.2, 0.25) is 0 Å². The van der Waals surface area contributed by atoms with E-state index in [2.05, 4.69) is 10.9 Å². The summed E-state index contributed by atoms with van der Waals surface area (Å²) in [5.74, 6) is 0.364. The van der Waals surface area contributed by atoms with Gasteiger partial charge < -0.3 is 9.59 Å². The molecule has 0 aromatic heterocycles. The van der Waals surface area contributed by atoms with E-state index in [1.165, 1.54) is 0 Å². The number of rotatable bonds is 12. The van der Waals surface area contributed by atoms with Gasteiger partial charge in [-0.1, -0.05) is 6.42 Å². The summed E-state index contributed by atoms with van der Waals surface area (Å²) in [5, 5.41) is 0. The molecule has 0 aromatic carbocycles. The molecule has 0 fully saturated rings. The third-order valence-electron chi connectivity index (χ3n) is 2.74. The molecule has 0 rings (SSSR count). The molecule has 0 aromatic rings. The lowest BCUT2D eigenvalue weighted by molar-refractivity contribution is -0.122. The number of amides is 1. The molecular formula is C14H26N2O3. The molecule has 19 heavy (non-hydrogen) atoms. The van der Waals surface area contributed by atoms with Crippen molar-refractivity contribution >= 4 is 17.5 Å². The summed E-state index contributed by atoms with van der Waals surface area (Å²) >= 11 is 0. The van der Waals surface area contributed by atoms with Crippen LogP contribution in [0.3, 0.4) is 0 Å². The molecule has 5 heteroatoms. The number of unbranched alkanes of at least 4 members (excludes halogenated alkanes) is 3. The second-order valence-corrected chi connectivity index (χ2v) is 4.90. The molecular weight excluding hydrogens is 244 g/mol. The van der Waals surface area contributed by atoms with Gasteiger partial charge in [0.1, 0.15) is 11.6 Å². The van der Waals surface area contributed by atoms with Crippen LogP contribution < -0.4 is 10.9 Å². The molecule has 0 radical (unpaired) electrons. The van der Waals surface area contributed by atoms with E-state index in [1.54, 1.807) is 13.8 Å². The van der Waals surface area contributed by atoms with Crippen molar-refractivity contribution in [3.8, 4) is 0 Å². The van der Waals surface area contributed by atoms with Crippen molar-refractivity contribution in [2.75, 3.05) is 6.54 Å². The average molecular weight is 270 g/mol. The molecule has 0 aliphatic rings. The summed E-state index contributed by atoms with van der Waals surface area (Å²) in [6.45, 7) is 3.88. The minimum Gasteiger partial charge on any atom is -0.300 e. The van der Waals surface area contributed by atoms with Crippen molar-refractivity contribution in [1.82, 2.24) is 10.9 Å².